The van der Waals surface area contributed by atoms with E-state index in [2.05, 4.69) is 21.7 Å². The van der Waals surface area contributed by atoms with Gasteiger partial charge in [0.1, 0.15) is 5.65 Å². The molecule has 0 radical (unpaired) electrons. The Hall–Kier alpha value is -4.11. The molecule has 0 fully saturated rings. The van der Waals surface area contributed by atoms with Gasteiger partial charge in [-0.15, -0.1) is 0 Å². The first-order valence-electron chi connectivity index (χ1n) is 10.8. The van der Waals surface area contributed by atoms with Crippen LogP contribution >= 0.6 is 0 Å². The number of fused-ring (bicyclic) bond motifs is 1. The molecule has 0 aliphatic carbocycles. The Morgan fingerprint density at radius 2 is 1.78 bits per heavy atom. The highest BCUT2D eigenvalue weighted by atomic mass is 16.2. The second kappa shape index (κ2) is 10.8. The molecule has 0 bridgehead atoms. The Morgan fingerprint density at radius 3 is 2.56 bits per heavy atom. The highest BCUT2D eigenvalue weighted by molar-refractivity contribution is 5.90. The third kappa shape index (κ3) is 5.13. The van der Waals surface area contributed by atoms with Gasteiger partial charge in [-0.1, -0.05) is 50.2 Å². The summed E-state index contributed by atoms with van der Waals surface area (Å²) in [5.74, 6) is 0. The minimum absolute atomic E-state index is 0.226. The van der Waals surface area contributed by atoms with Crippen LogP contribution in [-0.2, 0) is 6.42 Å². The molecular formula is C26H27N5O. The molecule has 162 valence electrons. The Labute approximate surface area is 188 Å². The van der Waals surface area contributed by atoms with E-state index >= 15 is 0 Å². The van der Waals surface area contributed by atoms with Crippen LogP contribution in [0.2, 0.25) is 0 Å². The van der Waals surface area contributed by atoms with Gasteiger partial charge < -0.3 is 10.6 Å². The van der Waals surface area contributed by atoms with Crippen molar-refractivity contribution in [3.05, 3.63) is 78.6 Å². The van der Waals surface area contributed by atoms with Gasteiger partial charge in [-0.05, 0) is 47.9 Å². The van der Waals surface area contributed by atoms with Gasteiger partial charge in [0.2, 0.25) is 0 Å². The van der Waals surface area contributed by atoms with Crippen molar-refractivity contribution in [1.29, 1.82) is 5.26 Å². The number of nitrogens with one attached hydrogen (secondary N) is 2. The lowest BCUT2D eigenvalue weighted by Gasteiger charge is -2.09. The molecule has 2 aromatic heterocycles. The quantitative estimate of drug-likeness (QED) is 0.417. The second-order valence-corrected chi connectivity index (χ2v) is 6.89. The van der Waals surface area contributed by atoms with Gasteiger partial charge >= 0.3 is 6.03 Å². The number of nitriles is 1. The van der Waals surface area contributed by atoms with Crippen LogP contribution in [0.1, 0.15) is 26.3 Å². The summed E-state index contributed by atoms with van der Waals surface area (Å²) in [6.07, 6.45) is 4.22. The summed E-state index contributed by atoms with van der Waals surface area (Å²) < 4.78 is 2.02. The molecule has 4 rings (SSSR count). The van der Waals surface area contributed by atoms with Crippen molar-refractivity contribution < 1.29 is 4.79 Å². The first kappa shape index (κ1) is 22.6. The van der Waals surface area contributed by atoms with Gasteiger partial charge in [0.15, 0.2) is 0 Å². The standard InChI is InChI=1S/C24H21N5O.C2H6/c1-2-26-24(30)28-21-8-4-7-20(14-21)22-16-27-23-15-19(10-12-29(22)23)18-6-3-5-17(13-18)9-11-25;1-2/h3-8,10,12-16H,2,9H2,1H3,(H2,26,28,30);1-2H3. The SMILES string of the molecule is CC.CCNC(=O)Nc1cccc(-c2cnc3cc(-c4cccc(CC#N)c4)ccn23)c1. The van der Waals surface area contributed by atoms with E-state index in [1.54, 1.807) is 0 Å². The molecule has 0 unspecified atom stereocenters. The first-order chi connectivity index (χ1) is 15.7. The normalized spacial score (nSPS) is 10.1. The summed E-state index contributed by atoms with van der Waals surface area (Å²) in [4.78, 5) is 16.4. The number of carbonyl (C=O) groups is 1. The number of nitrogens with zero attached hydrogens (tertiary/aromatic N) is 3. The number of rotatable bonds is 5. The molecule has 2 N–H and O–H groups in total. The van der Waals surface area contributed by atoms with Crippen molar-refractivity contribution in [3.63, 3.8) is 0 Å². The Morgan fingerprint density at radius 1 is 1.03 bits per heavy atom. The van der Waals surface area contributed by atoms with Gasteiger partial charge in [0.25, 0.3) is 0 Å². The lowest BCUT2D eigenvalue weighted by Crippen LogP contribution is -2.28. The number of hydrogen-bond acceptors (Lipinski definition) is 3. The zero-order chi connectivity index (χ0) is 22.9. The molecule has 0 saturated carbocycles. The number of benzene rings is 2. The lowest BCUT2D eigenvalue weighted by atomic mass is 10.0. The topological polar surface area (TPSA) is 82.2 Å². The molecular weight excluding hydrogens is 398 g/mol. The van der Waals surface area contributed by atoms with E-state index in [0.717, 1.165) is 39.3 Å². The summed E-state index contributed by atoms with van der Waals surface area (Å²) in [5, 5.41) is 14.5. The third-order valence-electron chi connectivity index (χ3n) is 4.81. The van der Waals surface area contributed by atoms with Crippen LogP contribution in [0, 0.1) is 11.3 Å². The molecule has 6 heteroatoms. The highest BCUT2D eigenvalue weighted by Gasteiger charge is 2.09. The minimum atomic E-state index is -0.226. The van der Waals surface area contributed by atoms with Gasteiger partial charge in [-0.3, -0.25) is 4.40 Å². The summed E-state index contributed by atoms with van der Waals surface area (Å²) in [6, 6.07) is 21.7. The predicted molar refractivity (Wildman–Crippen MR) is 129 cm³/mol. The van der Waals surface area contributed by atoms with Crippen LogP contribution in [0.4, 0.5) is 10.5 Å². The maximum Gasteiger partial charge on any atom is 0.319 e. The molecule has 2 aromatic carbocycles. The van der Waals surface area contributed by atoms with Crippen molar-refractivity contribution in [2.45, 2.75) is 27.2 Å². The number of urea groups is 1. The van der Waals surface area contributed by atoms with Crippen LogP contribution in [0.3, 0.4) is 0 Å². The molecule has 32 heavy (non-hydrogen) atoms. The summed E-state index contributed by atoms with van der Waals surface area (Å²) in [7, 11) is 0. The van der Waals surface area contributed by atoms with Gasteiger partial charge in [0.05, 0.1) is 24.4 Å². The zero-order valence-electron chi connectivity index (χ0n) is 18.6. The molecule has 0 spiro atoms. The largest absolute Gasteiger partial charge is 0.338 e. The van der Waals surface area contributed by atoms with Crippen molar-refractivity contribution in [2.24, 2.45) is 0 Å². The van der Waals surface area contributed by atoms with Crippen LogP contribution in [0.25, 0.3) is 28.0 Å². The highest BCUT2D eigenvalue weighted by Crippen LogP contribution is 2.27. The van der Waals surface area contributed by atoms with Crippen LogP contribution in [0.15, 0.2) is 73.1 Å². The average molecular weight is 426 g/mol. The van der Waals surface area contributed by atoms with Gasteiger partial charge in [-0.2, -0.15) is 5.26 Å². The van der Waals surface area contributed by atoms with E-state index in [1.165, 1.54) is 0 Å². The maximum absolute atomic E-state index is 11.8. The number of imidazole rings is 1. The lowest BCUT2D eigenvalue weighted by molar-refractivity contribution is 0.252. The fraction of sp³-hybridized carbons (Fsp3) is 0.192. The monoisotopic (exact) mass is 425 g/mol. The molecule has 2 amide bonds. The summed E-state index contributed by atoms with van der Waals surface area (Å²) >= 11 is 0. The molecule has 2 heterocycles. The van der Waals surface area contributed by atoms with Crippen molar-refractivity contribution in [1.82, 2.24) is 14.7 Å². The van der Waals surface area contributed by atoms with E-state index in [0.29, 0.717) is 13.0 Å². The molecule has 4 aromatic rings. The Kier molecular flexibility index (Phi) is 7.60. The van der Waals surface area contributed by atoms with Crippen molar-refractivity contribution in [2.75, 3.05) is 11.9 Å². The van der Waals surface area contributed by atoms with E-state index in [4.69, 9.17) is 5.26 Å². The van der Waals surface area contributed by atoms with E-state index < -0.39 is 0 Å². The van der Waals surface area contributed by atoms with E-state index in [9.17, 15) is 4.79 Å². The van der Waals surface area contributed by atoms with Crippen molar-refractivity contribution in [3.8, 4) is 28.5 Å². The fourth-order valence-electron chi connectivity index (χ4n) is 3.42. The van der Waals surface area contributed by atoms with Crippen molar-refractivity contribution >= 4 is 17.4 Å². The summed E-state index contributed by atoms with van der Waals surface area (Å²) in [6.45, 7) is 6.45. The van der Waals surface area contributed by atoms with Crippen LogP contribution in [-0.4, -0.2) is 22.0 Å². The zero-order valence-corrected chi connectivity index (χ0v) is 18.6. The average Bonchev–Trinajstić information content (AvgIpc) is 3.24. The summed E-state index contributed by atoms with van der Waals surface area (Å²) in [5.41, 5.74) is 6.55. The van der Waals surface area contributed by atoms with E-state index in [-0.39, 0.29) is 6.03 Å². The van der Waals surface area contributed by atoms with E-state index in [1.807, 2.05) is 98.2 Å². The number of carbonyl (C=O) groups excluding carboxylic acids is 1. The molecule has 0 aliphatic rings. The predicted octanol–water partition coefficient (Wildman–Crippen LogP) is 5.90. The second-order valence-electron chi connectivity index (χ2n) is 6.89. The minimum Gasteiger partial charge on any atom is -0.338 e. The van der Waals surface area contributed by atoms with Crippen LogP contribution < -0.4 is 10.6 Å². The molecule has 0 saturated heterocycles. The van der Waals surface area contributed by atoms with Gasteiger partial charge in [-0.25, -0.2) is 9.78 Å². The van der Waals surface area contributed by atoms with Crippen LogP contribution in [0.5, 0.6) is 0 Å². The fourth-order valence-corrected chi connectivity index (χ4v) is 3.42. The maximum atomic E-state index is 11.8. The molecule has 0 aliphatic heterocycles. The number of amides is 2. The number of aromatic nitrogens is 2. The number of hydrogen-bond donors (Lipinski definition) is 2. The smallest absolute Gasteiger partial charge is 0.319 e. The van der Waals surface area contributed by atoms with Gasteiger partial charge in [0, 0.05) is 24.0 Å². The Balaban J connectivity index is 0.00000141. The number of anilines is 1. The first-order valence-corrected chi connectivity index (χ1v) is 10.8. The molecule has 0 atom stereocenters. The Bertz CT molecular complexity index is 1250. The third-order valence-corrected chi connectivity index (χ3v) is 4.81. The number of pyridine rings is 1. The molecule has 6 nitrogen and oxygen atoms in total.